The van der Waals surface area contributed by atoms with Crippen molar-refractivity contribution in [2.24, 2.45) is 0 Å². The molecule has 2 rings (SSSR count). The summed E-state index contributed by atoms with van der Waals surface area (Å²) in [5.41, 5.74) is 1.75. The molecule has 0 saturated carbocycles. The molecule has 1 atom stereocenters. The van der Waals surface area contributed by atoms with Crippen LogP contribution in [0.1, 0.15) is 29.3 Å². The molecule has 0 aromatic heterocycles. The molecule has 98 valence electrons. The van der Waals surface area contributed by atoms with Crippen molar-refractivity contribution in [2.75, 3.05) is 19.8 Å². The summed E-state index contributed by atoms with van der Waals surface area (Å²) in [6, 6.07) is 5.89. The first-order valence-corrected chi connectivity index (χ1v) is 6.76. The summed E-state index contributed by atoms with van der Waals surface area (Å²) in [7, 11) is 0. The van der Waals surface area contributed by atoms with Gasteiger partial charge in [-0.25, -0.2) is 0 Å². The van der Waals surface area contributed by atoms with E-state index in [9.17, 15) is 4.79 Å². The number of hydrogen-bond acceptors (Lipinski definition) is 3. The van der Waals surface area contributed by atoms with Crippen molar-refractivity contribution in [3.8, 4) is 0 Å². The average Bonchev–Trinajstić information content (AvgIpc) is 2.40. The number of carbonyl (C=O) groups excluding carboxylic acids is 1. The van der Waals surface area contributed by atoms with E-state index in [1.165, 1.54) is 0 Å². The lowest BCUT2D eigenvalue weighted by atomic mass is 10.1. The second kappa shape index (κ2) is 5.76. The molecule has 0 radical (unpaired) electrons. The molecule has 0 N–H and O–H groups in total. The minimum absolute atomic E-state index is 0.0959. The Morgan fingerprint density at radius 1 is 1.56 bits per heavy atom. The number of rotatable bonds is 2. The van der Waals surface area contributed by atoms with Gasteiger partial charge in [0.2, 0.25) is 0 Å². The van der Waals surface area contributed by atoms with Crippen molar-refractivity contribution in [1.29, 1.82) is 0 Å². The standard InChI is InChI=1S/C14H19NO2S/c1-3-11-9-17-7-6-15(11)14(16)13-8-12(18)5-4-10(13)2/h4-5,8,11,18H,3,6-7,9H2,1-2H3. The zero-order valence-corrected chi connectivity index (χ0v) is 11.7. The number of amides is 1. The molecule has 1 aliphatic heterocycles. The van der Waals surface area contributed by atoms with Crippen molar-refractivity contribution in [3.63, 3.8) is 0 Å². The highest BCUT2D eigenvalue weighted by molar-refractivity contribution is 7.80. The van der Waals surface area contributed by atoms with Gasteiger partial charge in [0.25, 0.3) is 5.91 Å². The van der Waals surface area contributed by atoms with Crippen molar-refractivity contribution in [1.82, 2.24) is 4.90 Å². The first-order valence-electron chi connectivity index (χ1n) is 6.31. The monoisotopic (exact) mass is 265 g/mol. The highest BCUT2D eigenvalue weighted by Gasteiger charge is 2.27. The molecule has 0 aliphatic carbocycles. The van der Waals surface area contributed by atoms with Gasteiger partial charge in [-0.2, -0.15) is 0 Å². The van der Waals surface area contributed by atoms with E-state index in [4.69, 9.17) is 4.74 Å². The van der Waals surface area contributed by atoms with Gasteiger partial charge in [0.1, 0.15) is 0 Å². The number of carbonyl (C=O) groups is 1. The predicted octanol–water partition coefficient (Wildman–Crippen LogP) is 2.53. The molecule has 1 aromatic rings. The topological polar surface area (TPSA) is 29.5 Å². The fourth-order valence-corrected chi connectivity index (χ4v) is 2.46. The molecule has 1 amide bonds. The van der Waals surface area contributed by atoms with Gasteiger partial charge in [-0.1, -0.05) is 13.0 Å². The van der Waals surface area contributed by atoms with Crippen LogP contribution in [0.3, 0.4) is 0 Å². The van der Waals surface area contributed by atoms with Gasteiger partial charge in [-0.3, -0.25) is 4.79 Å². The smallest absolute Gasteiger partial charge is 0.254 e. The zero-order chi connectivity index (χ0) is 13.1. The van der Waals surface area contributed by atoms with Gasteiger partial charge in [-0.05, 0) is 31.0 Å². The number of nitrogens with zero attached hydrogens (tertiary/aromatic N) is 1. The van der Waals surface area contributed by atoms with Crippen LogP contribution in [0.25, 0.3) is 0 Å². The summed E-state index contributed by atoms with van der Waals surface area (Å²) < 4.78 is 5.43. The zero-order valence-electron chi connectivity index (χ0n) is 10.8. The van der Waals surface area contributed by atoms with Crippen LogP contribution in [-0.2, 0) is 4.74 Å². The second-order valence-corrected chi connectivity index (χ2v) is 5.15. The molecule has 0 spiro atoms. The summed E-state index contributed by atoms with van der Waals surface area (Å²) >= 11 is 4.31. The summed E-state index contributed by atoms with van der Waals surface area (Å²) in [6.07, 6.45) is 0.922. The van der Waals surface area contributed by atoms with Gasteiger partial charge in [-0.15, -0.1) is 12.6 Å². The molecule has 1 fully saturated rings. The minimum atomic E-state index is 0.0959. The maximum atomic E-state index is 12.6. The minimum Gasteiger partial charge on any atom is -0.377 e. The Labute approximate surface area is 114 Å². The van der Waals surface area contributed by atoms with E-state index < -0.39 is 0 Å². The number of thiol groups is 1. The summed E-state index contributed by atoms with van der Waals surface area (Å²) in [5.74, 6) is 0.0959. The number of benzene rings is 1. The Bertz CT molecular complexity index is 447. The van der Waals surface area contributed by atoms with E-state index in [2.05, 4.69) is 19.6 Å². The lowest BCUT2D eigenvalue weighted by Crippen LogP contribution is -2.48. The van der Waals surface area contributed by atoms with E-state index in [0.29, 0.717) is 19.8 Å². The first-order chi connectivity index (χ1) is 8.63. The van der Waals surface area contributed by atoms with Gasteiger partial charge in [0.15, 0.2) is 0 Å². The Morgan fingerprint density at radius 3 is 3.06 bits per heavy atom. The Balaban J connectivity index is 2.26. The summed E-state index contributed by atoms with van der Waals surface area (Å²) in [6.45, 7) is 5.99. The number of morpholine rings is 1. The lowest BCUT2D eigenvalue weighted by molar-refractivity contribution is -0.00285. The van der Waals surface area contributed by atoms with Crippen molar-refractivity contribution < 1.29 is 9.53 Å². The van der Waals surface area contributed by atoms with E-state index in [1.54, 1.807) is 0 Å². The predicted molar refractivity (Wildman–Crippen MR) is 74.4 cm³/mol. The fourth-order valence-electron chi connectivity index (χ4n) is 2.26. The van der Waals surface area contributed by atoms with Crippen molar-refractivity contribution >= 4 is 18.5 Å². The molecule has 1 heterocycles. The highest BCUT2D eigenvalue weighted by Crippen LogP contribution is 2.19. The molecule has 1 saturated heterocycles. The fraction of sp³-hybridized carbons (Fsp3) is 0.500. The lowest BCUT2D eigenvalue weighted by Gasteiger charge is -2.35. The second-order valence-electron chi connectivity index (χ2n) is 4.63. The molecule has 3 nitrogen and oxygen atoms in total. The highest BCUT2D eigenvalue weighted by atomic mass is 32.1. The van der Waals surface area contributed by atoms with Gasteiger partial charge in [0, 0.05) is 17.0 Å². The maximum absolute atomic E-state index is 12.6. The van der Waals surface area contributed by atoms with Crippen LogP contribution in [0.15, 0.2) is 23.1 Å². The molecular formula is C14H19NO2S. The number of aryl methyl sites for hydroxylation is 1. The third-order valence-corrected chi connectivity index (χ3v) is 3.69. The van der Waals surface area contributed by atoms with Crippen LogP contribution in [0.2, 0.25) is 0 Å². The van der Waals surface area contributed by atoms with Gasteiger partial charge < -0.3 is 9.64 Å². The Morgan fingerprint density at radius 2 is 2.33 bits per heavy atom. The quantitative estimate of drug-likeness (QED) is 0.833. The van der Waals surface area contributed by atoms with Gasteiger partial charge >= 0.3 is 0 Å². The van der Waals surface area contributed by atoms with Crippen molar-refractivity contribution in [3.05, 3.63) is 29.3 Å². The summed E-state index contributed by atoms with van der Waals surface area (Å²) in [5, 5.41) is 0. The van der Waals surface area contributed by atoms with E-state index >= 15 is 0 Å². The molecule has 1 aromatic carbocycles. The maximum Gasteiger partial charge on any atom is 0.254 e. The average molecular weight is 265 g/mol. The van der Waals surface area contributed by atoms with Gasteiger partial charge in [0.05, 0.1) is 19.3 Å². The van der Waals surface area contributed by atoms with Crippen LogP contribution >= 0.6 is 12.6 Å². The van der Waals surface area contributed by atoms with E-state index in [-0.39, 0.29) is 11.9 Å². The van der Waals surface area contributed by atoms with E-state index in [1.807, 2.05) is 30.0 Å². The van der Waals surface area contributed by atoms with Crippen LogP contribution in [-0.4, -0.2) is 36.6 Å². The molecule has 1 aliphatic rings. The third-order valence-electron chi connectivity index (χ3n) is 3.41. The molecule has 1 unspecified atom stereocenters. The molecular weight excluding hydrogens is 246 g/mol. The van der Waals surface area contributed by atoms with Crippen LogP contribution in [0, 0.1) is 6.92 Å². The molecule has 0 bridgehead atoms. The number of ether oxygens (including phenoxy) is 1. The molecule has 18 heavy (non-hydrogen) atoms. The van der Waals surface area contributed by atoms with Crippen LogP contribution < -0.4 is 0 Å². The van der Waals surface area contributed by atoms with Crippen molar-refractivity contribution in [2.45, 2.75) is 31.2 Å². The normalized spacial score (nSPS) is 19.9. The number of hydrogen-bond donors (Lipinski definition) is 1. The Kier molecular flexibility index (Phi) is 4.30. The van der Waals surface area contributed by atoms with Crippen LogP contribution in [0.4, 0.5) is 0 Å². The third kappa shape index (κ3) is 2.70. The Hall–Kier alpha value is -1.00. The SMILES string of the molecule is CCC1COCCN1C(=O)c1cc(S)ccc1C. The summed E-state index contributed by atoms with van der Waals surface area (Å²) in [4.78, 5) is 15.3. The molecule has 4 heteroatoms. The van der Waals surface area contributed by atoms with E-state index in [0.717, 1.165) is 22.4 Å². The first kappa shape index (κ1) is 13.4. The van der Waals surface area contributed by atoms with Crippen LogP contribution in [0.5, 0.6) is 0 Å². The largest absolute Gasteiger partial charge is 0.377 e.